The van der Waals surface area contributed by atoms with E-state index in [0.717, 1.165) is 5.69 Å². The Hall–Kier alpha value is -2.64. The molecule has 3 aromatic rings. The van der Waals surface area contributed by atoms with E-state index in [2.05, 4.69) is 29.2 Å². The first-order valence-electron chi connectivity index (χ1n) is 8.79. The summed E-state index contributed by atoms with van der Waals surface area (Å²) in [4.78, 5) is 13.7. The highest BCUT2D eigenvalue weighted by atomic mass is 32.2. The Morgan fingerprint density at radius 3 is 2.30 bits per heavy atom. The number of nitrogens with zero attached hydrogens (tertiary/aromatic N) is 2. The van der Waals surface area contributed by atoms with Gasteiger partial charge in [0.25, 0.3) is 0 Å². The molecule has 1 aromatic heterocycles. The highest BCUT2D eigenvalue weighted by Crippen LogP contribution is 2.24. The molecule has 2 aromatic carbocycles. The van der Waals surface area contributed by atoms with Crippen LogP contribution in [0.5, 0.6) is 0 Å². The molecule has 1 aliphatic rings. The lowest BCUT2D eigenvalue weighted by atomic mass is 10.2. The predicted octanol–water partition coefficient (Wildman–Crippen LogP) is 2.61. The van der Waals surface area contributed by atoms with Crippen molar-refractivity contribution >= 4 is 26.7 Å². The van der Waals surface area contributed by atoms with Gasteiger partial charge in [-0.15, -0.1) is 0 Å². The molecule has 0 saturated carbocycles. The number of sulfonamides is 1. The Balaban J connectivity index is 1.54. The van der Waals surface area contributed by atoms with E-state index in [9.17, 15) is 13.2 Å². The van der Waals surface area contributed by atoms with E-state index >= 15 is 0 Å². The van der Waals surface area contributed by atoms with E-state index in [1.54, 1.807) is 12.1 Å². The summed E-state index contributed by atoms with van der Waals surface area (Å²) in [6.45, 7) is 4.19. The lowest BCUT2D eigenvalue weighted by Gasteiger charge is -2.35. The minimum Gasteiger partial charge on any atom is -0.423 e. The highest BCUT2D eigenvalue weighted by Gasteiger charge is 2.28. The first-order chi connectivity index (χ1) is 12.9. The fourth-order valence-corrected chi connectivity index (χ4v) is 4.76. The summed E-state index contributed by atoms with van der Waals surface area (Å²) < 4.78 is 32.6. The van der Waals surface area contributed by atoms with E-state index in [1.165, 1.54) is 28.1 Å². The highest BCUT2D eigenvalue weighted by molar-refractivity contribution is 7.89. The normalized spacial score (nSPS) is 16.0. The molecule has 1 aliphatic heterocycles. The lowest BCUT2D eigenvalue weighted by molar-refractivity contribution is 0.385. The van der Waals surface area contributed by atoms with Crippen molar-refractivity contribution < 1.29 is 12.8 Å². The van der Waals surface area contributed by atoms with E-state index in [1.807, 2.05) is 6.92 Å². The molecule has 4 rings (SSSR count). The van der Waals surface area contributed by atoms with Crippen molar-refractivity contribution in [1.82, 2.24) is 4.31 Å². The van der Waals surface area contributed by atoms with Crippen LogP contribution in [0.4, 0.5) is 5.69 Å². The largest absolute Gasteiger partial charge is 0.423 e. The van der Waals surface area contributed by atoms with E-state index < -0.39 is 15.6 Å². The van der Waals surface area contributed by atoms with Gasteiger partial charge in [0.15, 0.2) is 0 Å². The summed E-state index contributed by atoms with van der Waals surface area (Å²) in [6.07, 6.45) is 0. The molecule has 0 aliphatic carbocycles. The zero-order chi connectivity index (χ0) is 19.0. The van der Waals surface area contributed by atoms with Gasteiger partial charge >= 0.3 is 5.63 Å². The molecule has 0 radical (unpaired) electrons. The fourth-order valence-electron chi connectivity index (χ4n) is 3.30. The van der Waals surface area contributed by atoms with Crippen LogP contribution in [-0.4, -0.2) is 38.9 Å². The number of fused-ring (bicyclic) bond motifs is 1. The smallest absolute Gasteiger partial charge is 0.336 e. The fraction of sp³-hybridized carbons (Fsp3) is 0.250. The number of anilines is 1. The van der Waals surface area contributed by atoms with Gasteiger partial charge in [-0.1, -0.05) is 17.7 Å². The summed E-state index contributed by atoms with van der Waals surface area (Å²) in [6, 6.07) is 15.7. The van der Waals surface area contributed by atoms with Crippen LogP contribution < -0.4 is 10.5 Å². The van der Waals surface area contributed by atoms with E-state index in [0.29, 0.717) is 37.1 Å². The number of rotatable bonds is 3. The van der Waals surface area contributed by atoms with Gasteiger partial charge in [0, 0.05) is 43.3 Å². The zero-order valence-electron chi connectivity index (χ0n) is 15.0. The number of aryl methyl sites for hydroxylation is 1. The van der Waals surface area contributed by atoms with Crippen LogP contribution in [0.1, 0.15) is 5.56 Å². The summed E-state index contributed by atoms with van der Waals surface area (Å²) in [5, 5.41) is 0.592. The Labute approximate surface area is 157 Å². The molecular weight excluding hydrogens is 364 g/mol. The predicted molar refractivity (Wildman–Crippen MR) is 105 cm³/mol. The summed E-state index contributed by atoms with van der Waals surface area (Å²) >= 11 is 0. The van der Waals surface area contributed by atoms with Crippen molar-refractivity contribution in [1.29, 1.82) is 0 Å². The van der Waals surface area contributed by atoms with Crippen LogP contribution in [0.15, 0.2) is 68.7 Å². The van der Waals surface area contributed by atoms with Gasteiger partial charge in [0.2, 0.25) is 10.0 Å². The van der Waals surface area contributed by atoms with Crippen LogP contribution in [0.25, 0.3) is 11.0 Å². The van der Waals surface area contributed by atoms with Crippen molar-refractivity contribution in [2.75, 3.05) is 31.1 Å². The van der Waals surface area contributed by atoms with Crippen LogP contribution in [0.2, 0.25) is 0 Å². The van der Waals surface area contributed by atoms with Crippen LogP contribution >= 0.6 is 0 Å². The topological polar surface area (TPSA) is 70.8 Å². The third-order valence-corrected chi connectivity index (χ3v) is 6.76. The number of piperazine rings is 1. The molecular formula is C20H20N2O4S. The van der Waals surface area contributed by atoms with E-state index in [-0.39, 0.29) is 4.90 Å². The Kier molecular flexibility index (Phi) is 4.49. The lowest BCUT2D eigenvalue weighted by Crippen LogP contribution is -2.48. The average molecular weight is 384 g/mol. The van der Waals surface area contributed by atoms with Crippen LogP contribution in [0, 0.1) is 6.92 Å². The molecule has 0 N–H and O–H groups in total. The van der Waals surface area contributed by atoms with Crippen molar-refractivity contribution in [2.45, 2.75) is 11.8 Å². The average Bonchev–Trinajstić information content (AvgIpc) is 2.68. The van der Waals surface area contributed by atoms with Gasteiger partial charge < -0.3 is 9.32 Å². The maximum atomic E-state index is 13.0. The molecule has 0 spiro atoms. The molecule has 2 heterocycles. The molecule has 0 bridgehead atoms. The second-order valence-electron chi connectivity index (χ2n) is 6.68. The first kappa shape index (κ1) is 17.8. The van der Waals surface area contributed by atoms with Gasteiger partial charge in [0.1, 0.15) is 5.58 Å². The van der Waals surface area contributed by atoms with Crippen molar-refractivity contribution in [3.05, 3.63) is 70.6 Å². The third kappa shape index (κ3) is 3.48. The first-order valence-corrected chi connectivity index (χ1v) is 10.2. The second kappa shape index (κ2) is 6.83. The van der Waals surface area contributed by atoms with Gasteiger partial charge in [-0.3, -0.25) is 0 Å². The van der Waals surface area contributed by atoms with E-state index in [4.69, 9.17) is 4.42 Å². The van der Waals surface area contributed by atoms with Gasteiger partial charge in [-0.2, -0.15) is 4.31 Å². The maximum absolute atomic E-state index is 13.0. The number of hydrogen-bond acceptors (Lipinski definition) is 5. The Bertz CT molecular complexity index is 1130. The summed E-state index contributed by atoms with van der Waals surface area (Å²) in [7, 11) is -3.59. The summed E-state index contributed by atoms with van der Waals surface area (Å²) in [5.74, 6) is 0. The molecule has 27 heavy (non-hydrogen) atoms. The van der Waals surface area contributed by atoms with Crippen LogP contribution in [-0.2, 0) is 10.0 Å². The molecule has 1 saturated heterocycles. The number of hydrogen-bond donors (Lipinski definition) is 0. The minimum atomic E-state index is -3.59. The standard InChI is InChI=1S/C20H20N2O4S/c1-15-2-5-17(6-3-15)21-10-12-22(13-11-21)27(24,25)18-7-8-19-16(14-18)4-9-20(23)26-19/h2-9,14H,10-13H2,1H3. The van der Waals surface area contributed by atoms with Crippen molar-refractivity contribution in [3.8, 4) is 0 Å². The van der Waals surface area contributed by atoms with Crippen molar-refractivity contribution in [3.63, 3.8) is 0 Å². The van der Waals surface area contributed by atoms with Crippen molar-refractivity contribution in [2.24, 2.45) is 0 Å². The molecule has 1 fully saturated rings. The van der Waals surface area contributed by atoms with Gasteiger partial charge in [-0.25, -0.2) is 13.2 Å². The SMILES string of the molecule is Cc1ccc(N2CCN(S(=O)(=O)c3ccc4oc(=O)ccc4c3)CC2)cc1. The monoisotopic (exact) mass is 384 g/mol. The third-order valence-electron chi connectivity index (χ3n) is 4.87. The Morgan fingerprint density at radius 2 is 1.59 bits per heavy atom. The van der Waals surface area contributed by atoms with Crippen LogP contribution in [0.3, 0.4) is 0 Å². The molecule has 0 amide bonds. The minimum absolute atomic E-state index is 0.215. The zero-order valence-corrected chi connectivity index (χ0v) is 15.8. The Morgan fingerprint density at radius 1 is 0.889 bits per heavy atom. The molecule has 7 heteroatoms. The van der Waals surface area contributed by atoms with Gasteiger partial charge in [0.05, 0.1) is 4.90 Å². The molecule has 140 valence electrons. The maximum Gasteiger partial charge on any atom is 0.336 e. The molecule has 0 unspecified atom stereocenters. The summed E-state index contributed by atoms with van der Waals surface area (Å²) in [5.41, 5.74) is 2.24. The quantitative estimate of drug-likeness (QED) is 0.649. The molecule has 6 nitrogen and oxygen atoms in total. The van der Waals surface area contributed by atoms with Gasteiger partial charge in [-0.05, 0) is 43.3 Å². The molecule has 0 atom stereocenters. The second-order valence-corrected chi connectivity index (χ2v) is 8.62. The number of benzene rings is 2.